The molecular weight excluding hydrogens is 392 g/mol. The first kappa shape index (κ1) is 19.1. The Labute approximate surface area is 179 Å². The number of carbonyl (C=O) groups is 1. The summed E-state index contributed by atoms with van der Waals surface area (Å²) in [5, 5.41) is 4.97. The third-order valence-corrected chi connectivity index (χ3v) is 5.50. The minimum Gasteiger partial charge on any atom is -0.383 e. The summed E-state index contributed by atoms with van der Waals surface area (Å²) in [4.78, 5) is 30.1. The molecule has 156 valence electrons. The maximum Gasteiger partial charge on any atom is 0.253 e. The second kappa shape index (κ2) is 8.11. The van der Waals surface area contributed by atoms with Crippen LogP contribution in [0.15, 0.2) is 61.2 Å². The quantitative estimate of drug-likeness (QED) is 0.542. The molecule has 0 unspecified atom stereocenters. The average molecular weight is 414 g/mol. The number of fused-ring (bicyclic) bond motifs is 1. The lowest BCUT2D eigenvalue weighted by atomic mass is 10.1. The van der Waals surface area contributed by atoms with Gasteiger partial charge in [0.2, 0.25) is 0 Å². The summed E-state index contributed by atoms with van der Waals surface area (Å²) < 4.78 is 1.66. The smallest absolute Gasteiger partial charge is 0.253 e. The highest BCUT2D eigenvalue weighted by molar-refractivity contribution is 5.94. The van der Waals surface area contributed by atoms with Gasteiger partial charge in [-0.05, 0) is 36.4 Å². The van der Waals surface area contributed by atoms with Crippen LogP contribution >= 0.6 is 0 Å². The van der Waals surface area contributed by atoms with Crippen LogP contribution in [0.2, 0.25) is 0 Å². The Morgan fingerprint density at radius 3 is 2.48 bits per heavy atom. The Balaban J connectivity index is 1.21. The van der Waals surface area contributed by atoms with Gasteiger partial charge in [0.05, 0.1) is 17.7 Å². The molecule has 9 nitrogen and oxygen atoms in total. The van der Waals surface area contributed by atoms with Gasteiger partial charge in [-0.1, -0.05) is 12.1 Å². The van der Waals surface area contributed by atoms with E-state index in [4.69, 9.17) is 5.73 Å². The number of rotatable bonds is 4. The van der Waals surface area contributed by atoms with Crippen LogP contribution in [0.4, 0.5) is 5.82 Å². The maximum atomic E-state index is 12.9. The number of para-hydroxylation sites is 1. The summed E-state index contributed by atoms with van der Waals surface area (Å²) in [5.74, 6) is 1.25. The largest absolute Gasteiger partial charge is 0.383 e. The number of nitrogens with zero attached hydrogens (tertiary/aromatic N) is 7. The van der Waals surface area contributed by atoms with Gasteiger partial charge in [-0.2, -0.15) is 5.10 Å². The van der Waals surface area contributed by atoms with Crippen molar-refractivity contribution >= 4 is 22.6 Å². The summed E-state index contributed by atoms with van der Waals surface area (Å²) >= 11 is 0. The van der Waals surface area contributed by atoms with Crippen molar-refractivity contribution in [3.05, 3.63) is 72.6 Å². The van der Waals surface area contributed by atoms with Gasteiger partial charge in [0.15, 0.2) is 0 Å². The molecule has 0 aliphatic carbocycles. The highest BCUT2D eigenvalue weighted by Crippen LogP contribution is 2.18. The molecule has 5 rings (SSSR count). The zero-order valence-corrected chi connectivity index (χ0v) is 16.9. The molecule has 1 aliphatic rings. The van der Waals surface area contributed by atoms with E-state index < -0.39 is 0 Å². The molecule has 1 amide bonds. The number of hydrogen-bond donors (Lipinski definition) is 1. The lowest BCUT2D eigenvalue weighted by Crippen LogP contribution is -2.48. The lowest BCUT2D eigenvalue weighted by molar-refractivity contribution is 0.0625. The third-order valence-electron chi connectivity index (χ3n) is 5.50. The van der Waals surface area contributed by atoms with Crippen LogP contribution in [0.25, 0.3) is 16.6 Å². The van der Waals surface area contributed by atoms with Crippen LogP contribution in [0.5, 0.6) is 0 Å². The zero-order valence-electron chi connectivity index (χ0n) is 16.9. The number of piperazine rings is 1. The molecule has 0 atom stereocenters. The summed E-state index contributed by atoms with van der Waals surface area (Å²) in [5.41, 5.74) is 8.49. The molecule has 1 aliphatic heterocycles. The van der Waals surface area contributed by atoms with Crippen molar-refractivity contribution in [2.24, 2.45) is 0 Å². The second-order valence-electron chi connectivity index (χ2n) is 7.50. The minimum absolute atomic E-state index is 0.0380. The van der Waals surface area contributed by atoms with Crippen LogP contribution in [0, 0.1) is 0 Å². The normalized spacial score (nSPS) is 14.8. The van der Waals surface area contributed by atoms with Crippen LogP contribution < -0.4 is 5.73 Å². The monoisotopic (exact) mass is 414 g/mol. The highest BCUT2D eigenvalue weighted by atomic mass is 16.2. The van der Waals surface area contributed by atoms with Gasteiger partial charge in [-0.15, -0.1) is 0 Å². The first-order valence-corrected chi connectivity index (χ1v) is 10.2. The molecule has 31 heavy (non-hydrogen) atoms. The van der Waals surface area contributed by atoms with Crippen molar-refractivity contribution < 1.29 is 4.79 Å². The van der Waals surface area contributed by atoms with Crippen LogP contribution in [-0.2, 0) is 6.54 Å². The number of amides is 1. The summed E-state index contributed by atoms with van der Waals surface area (Å²) in [6.45, 7) is 3.46. The predicted octanol–water partition coefficient (Wildman–Crippen LogP) is 1.75. The summed E-state index contributed by atoms with van der Waals surface area (Å²) in [6, 6.07) is 15.2. The Kier molecular flexibility index (Phi) is 5.01. The Morgan fingerprint density at radius 1 is 0.968 bits per heavy atom. The molecule has 0 saturated carbocycles. The van der Waals surface area contributed by atoms with Gasteiger partial charge >= 0.3 is 0 Å². The number of anilines is 1. The molecule has 1 fully saturated rings. The van der Waals surface area contributed by atoms with Crippen molar-refractivity contribution in [3.63, 3.8) is 0 Å². The van der Waals surface area contributed by atoms with Crippen LogP contribution in [-0.4, -0.2) is 66.6 Å². The van der Waals surface area contributed by atoms with Crippen LogP contribution in [0.3, 0.4) is 0 Å². The first-order valence-electron chi connectivity index (χ1n) is 10.2. The fraction of sp³-hybridized carbons (Fsp3) is 0.227. The molecule has 1 saturated heterocycles. The van der Waals surface area contributed by atoms with E-state index in [1.807, 2.05) is 53.4 Å². The fourth-order valence-electron chi connectivity index (χ4n) is 3.81. The number of hydrogen-bond acceptors (Lipinski definition) is 7. The van der Waals surface area contributed by atoms with Gasteiger partial charge < -0.3 is 10.6 Å². The van der Waals surface area contributed by atoms with Gasteiger partial charge in [0.25, 0.3) is 5.91 Å². The van der Waals surface area contributed by atoms with E-state index >= 15 is 0 Å². The Hall–Kier alpha value is -3.85. The minimum atomic E-state index is 0.0380. The summed E-state index contributed by atoms with van der Waals surface area (Å²) in [7, 11) is 0. The lowest BCUT2D eigenvalue weighted by Gasteiger charge is -2.34. The van der Waals surface area contributed by atoms with E-state index in [2.05, 4.69) is 25.0 Å². The van der Waals surface area contributed by atoms with Gasteiger partial charge in [-0.25, -0.2) is 19.6 Å². The van der Waals surface area contributed by atoms with E-state index in [0.29, 0.717) is 36.8 Å². The predicted molar refractivity (Wildman–Crippen MR) is 116 cm³/mol. The van der Waals surface area contributed by atoms with Crippen molar-refractivity contribution in [1.82, 2.24) is 34.5 Å². The van der Waals surface area contributed by atoms with E-state index in [9.17, 15) is 4.79 Å². The molecule has 0 bridgehead atoms. The molecule has 2 N–H and O–H groups in total. The molecule has 0 radical (unpaired) electrons. The van der Waals surface area contributed by atoms with Gasteiger partial charge in [-0.3, -0.25) is 9.69 Å². The Morgan fingerprint density at radius 2 is 1.74 bits per heavy atom. The van der Waals surface area contributed by atoms with E-state index in [-0.39, 0.29) is 5.91 Å². The molecule has 2 aromatic carbocycles. The van der Waals surface area contributed by atoms with Crippen molar-refractivity contribution in [1.29, 1.82) is 0 Å². The van der Waals surface area contributed by atoms with Crippen LogP contribution in [0.1, 0.15) is 16.2 Å². The zero-order chi connectivity index (χ0) is 21.2. The van der Waals surface area contributed by atoms with E-state index in [1.54, 1.807) is 11.0 Å². The van der Waals surface area contributed by atoms with Gasteiger partial charge in [0, 0.05) is 37.1 Å². The molecule has 0 spiro atoms. The number of nitrogen functional groups attached to an aromatic ring is 1. The van der Waals surface area contributed by atoms with Crippen molar-refractivity contribution in [2.45, 2.75) is 6.54 Å². The van der Waals surface area contributed by atoms with Crippen molar-refractivity contribution in [3.8, 4) is 5.69 Å². The SMILES string of the molecule is Nc1nc(CN2CCN(C(=O)c3ccc(-n4cncn4)cc3)CC2)nc2ccccc12. The number of aromatic nitrogens is 5. The Bertz CT molecular complexity index is 1200. The molecule has 3 heterocycles. The molecule has 2 aromatic heterocycles. The fourth-order valence-corrected chi connectivity index (χ4v) is 3.81. The topological polar surface area (TPSA) is 106 Å². The number of carbonyl (C=O) groups excluding carboxylic acids is 1. The standard InChI is InChI=1S/C22H22N8O/c23-21-18-3-1-2-4-19(18)26-20(27-21)13-28-9-11-29(12-10-28)22(31)16-5-7-17(8-6-16)30-15-24-14-25-30/h1-8,14-15H,9-13H2,(H2,23,26,27). The highest BCUT2D eigenvalue weighted by Gasteiger charge is 2.23. The maximum absolute atomic E-state index is 12.9. The van der Waals surface area contributed by atoms with E-state index in [0.717, 1.165) is 29.7 Å². The van der Waals surface area contributed by atoms with Gasteiger partial charge in [0.1, 0.15) is 24.3 Å². The average Bonchev–Trinajstić information content (AvgIpc) is 3.34. The summed E-state index contributed by atoms with van der Waals surface area (Å²) in [6.07, 6.45) is 3.11. The molecule has 9 heteroatoms. The number of nitrogens with two attached hydrogens (primary N) is 1. The first-order chi connectivity index (χ1) is 15.2. The second-order valence-corrected chi connectivity index (χ2v) is 7.50. The molecule has 4 aromatic rings. The number of benzene rings is 2. The third kappa shape index (κ3) is 3.95. The van der Waals surface area contributed by atoms with E-state index in [1.165, 1.54) is 6.33 Å². The van der Waals surface area contributed by atoms with Crippen molar-refractivity contribution in [2.75, 3.05) is 31.9 Å². The molecular formula is C22H22N8O.